The lowest BCUT2D eigenvalue weighted by atomic mass is 10.1. The number of rotatable bonds is 6. The molecular weight excluding hydrogens is 206 g/mol. The molecule has 0 aromatic heterocycles. The van der Waals surface area contributed by atoms with Gasteiger partial charge >= 0.3 is 5.97 Å². The zero-order chi connectivity index (χ0) is 12.0. The Labute approximate surface area is 94.9 Å². The Hall–Kier alpha value is -1.39. The van der Waals surface area contributed by atoms with Crippen LogP contribution < -0.4 is 5.32 Å². The Morgan fingerprint density at radius 2 is 2.12 bits per heavy atom. The van der Waals surface area contributed by atoms with Crippen LogP contribution in [0.2, 0.25) is 0 Å². The van der Waals surface area contributed by atoms with Crippen LogP contribution in [0.4, 0.5) is 0 Å². The number of carbonyl (C=O) groups is 1. The third-order valence-corrected chi connectivity index (χ3v) is 2.37. The van der Waals surface area contributed by atoms with Gasteiger partial charge in [-0.3, -0.25) is 4.79 Å². The third kappa shape index (κ3) is 4.42. The second-order valence-electron chi connectivity index (χ2n) is 3.81. The molecule has 0 aliphatic heterocycles. The van der Waals surface area contributed by atoms with E-state index in [4.69, 9.17) is 5.11 Å². The highest BCUT2D eigenvalue weighted by molar-refractivity contribution is 5.67. The van der Waals surface area contributed by atoms with Crippen molar-refractivity contribution in [2.24, 2.45) is 0 Å². The monoisotopic (exact) mass is 223 g/mol. The fraction of sp³-hybridized carbons (Fsp3) is 0.417. The van der Waals surface area contributed by atoms with Gasteiger partial charge in [-0.1, -0.05) is 24.3 Å². The molecule has 0 radical (unpaired) electrons. The standard InChI is InChI=1S/C12H17NO3/c1-9-4-2-3-5-10(9)7-13-8-11(14)6-12(15)16/h2-5,11,13-14H,6-8H2,1H3,(H,15,16). The van der Waals surface area contributed by atoms with Crippen LogP contribution in [0.15, 0.2) is 24.3 Å². The molecule has 1 aromatic carbocycles. The van der Waals surface area contributed by atoms with Crippen LogP contribution in [0.25, 0.3) is 0 Å². The fourth-order valence-corrected chi connectivity index (χ4v) is 1.46. The number of nitrogens with one attached hydrogen (secondary N) is 1. The maximum Gasteiger partial charge on any atom is 0.306 e. The fourth-order valence-electron chi connectivity index (χ4n) is 1.46. The Morgan fingerprint density at radius 3 is 2.75 bits per heavy atom. The normalized spacial score (nSPS) is 12.4. The minimum Gasteiger partial charge on any atom is -0.481 e. The summed E-state index contributed by atoms with van der Waals surface area (Å²) in [5.74, 6) is -0.981. The Kier molecular flexibility index (Phi) is 4.95. The van der Waals surface area contributed by atoms with Crippen molar-refractivity contribution in [3.8, 4) is 0 Å². The summed E-state index contributed by atoms with van der Waals surface area (Å²) in [6.45, 7) is 2.95. The summed E-state index contributed by atoms with van der Waals surface area (Å²) in [5.41, 5.74) is 2.34. The van der Waals surface area contributed by atoms with Crippen LogP contribution in [0.1, 0.15) is 17.5 Å². The van der Waals surface area contributed by atoms with Gasteiger partial charge < -0.3 is 15.5 Å². The molecule has 3 N–H and O–H groups in total. The average Bonchev–Trinajstić information content (AvgIpc) is 2.19. The summed E-state index contributed by atoms with van der Waals surface area (Å²) < 4.78 is 0. The molecule has 4 heteroatoms. The molecular formula is C12H17NO3. The van der Waals surface area contributed by atoms with Crippen LogP contribution in [0.5, 0.6) is 0 Å². The van der Waals surface area contributed by atoms with E-state index in [1.54, 1.807) is 0 Å². The number of aliphatic hydroxyl groups is 1. The second kappa shape index (κ2) is 6.25. The van der Waals surface area contributed by atoms with E-state index < -0.39 is 12.1 Å². The number of hydrogen-bond acceptors (Lipinski definition) is 3. The van der Waals surface area contributed by atoms with Crippen LogP contribution in [0, 0.1) is 6.92 Å². The lowest BCUT2D eigenvalue weighted by Crippen LogP contribution is -2.28. The van der Waals surface area contributed by atoms with Gasteiger partial charge in [-0.2, -0.15) is 0 Å². The van der Waals surface area contributed by atoms with Crippen molar-refractivity contribution in [3.63, 3.8) is 0 Å². The van der Waals surface area contributed by atoms with E-state index >= 15 is 0 Å². The van der Waals surface area contributed by atoms with Crippen LogP contribution in [0.3, 0.4) is 0 Å². The quantitative estimate of drug-likeness (QED) is 0.670. The molecule has 0 amide bonds. The maximum absolute atomic E-state index is 10.3. The van der Waals surface area contributed by atoms with Crippen LogP contribution >= 0.6 is 0 Å². The van der Waals surface area contributed by atoms with Gasteiger partial charge in [0.05, 0.1) is 12.5 Å². The van der Waals surface area contributed by atoms with Gasteiger partial charge in [-0.25, -0.2) is 0 Å². The van der Waals surface area contributed by atoms with Crippen LogP contribution in [-0.2, 0) is 11.3 Å². The summed E-state index contributed by atoms with van der Waals surface area (Å²) in [5, 5.41) is 20.8. The van der Waals surface area contributed by atoms with Crippen molar-refractivity contribution < 1.29 is 15.0 Å². The summed E-state index contributed by atoms with van der Waals surface area (Å²) in [6.07, 6.45) is -1.05. The van der Waals surface area contributed by atoms with Crippen molar-refractivity contribution in [2.75, 3.05) is 6.54 Å². The van der Waals surface area contributed by atoms with E-state index in [0.717, 1.165) is 5.56 Å². The van der Waals surface area contributed by atoms with Crippen molar-refractivity contribution in [1.82, 2.24) is 5.32 Å². The highest BCUT2D eigenvalue weighted by Crippen LogP contribution is 2.06. The molecule has 88 valence electrons. The largest absolute Gasteiger partial charge is 0.481 e. The van der Waals surface area contributed by atoms with Gasteiger partial charge in [0.25, 0.3) is 0 Å². The zero-order valence-corrected chi connectivity index (χ0v) is 9.31. The summed E-state index contributed by atoms with van der Waals surface area (Å²) in [7, 11) is 0. The molecule has 0 aliphatic carbocycles. The molecule has 0 aliphatic rings. The summed E-state index contributed by atoms with van der Waals surface area (Å²) in [6, 6.07) is 7.95. The molecule has 0 heterocycles. The first-order chi connectivity index (χ1) is 7.59. The highest BCUT2D eigenvalue weighted by atomic mass is 16.4. The number of carboxylic acids is 1. The van der Waals surface area contributed by atoms with E-state index in [-0.39, 0.29) is 6.42 Å². The zero-order valence-electron chi connectivity index (χ0n) is 9.31. The Balaban J connectivity index is 2.30. The minimum absolute atomic E-state index is 0.221. The molecule has 1 rings (SSSR count). The number of aliphatic carboxylic acids is 1. The van der Waals surface area contributed by atoms with Crippen molar-refractivity contribution in [2.45, 2.75) is 26.0 Å². The van der Waals surface area contributed by atoms with Gasteiger partial charge in [0.15, 0.2) is 0 Å². The van der Waals surface area contributed by atoms with Crippen molar-refractivity contribution in [1.29, 1.82) is 0 Å². The maximum atomic E-state index is 10.3. The van der Waals surface area contributed by atoms with Crippen molar-refractivity contribution >= 4 is 5.97 Å². The topological polar surface area (TPSA) is 69.6 Å². The van der Waals surface area contributed by atoms with Gasteiger partial charge in [-0.05, 0) is 18.1 Å². The Bertz CT molecular complexity index is 352. The SMILES string of the molecule is Cc1ccccc1CNCC(O)CC(=O)O. The molecule has 0 bridgehead atoms. The second-order valence-corrected chi connectivity index (χ2v) is 3.81. The molecule has 1 unspecified atom stereocenters. The molecule has 0 fully saturated rings. The van der Waals surface area contributed by atoms with E-state index in [9.17, 15) is 9.90 Å². The first-order valence-corrected chi connectivity index (χ1v) is 5.24. The van der Waals surface area contributed by atoms with Gasteiger partial charge in [0.1, 0.15) is 0 Å². The number of carboxylic acid groups (broad SMARTS) is 1. The molecule has 1 aromatic rings. The van der Waals surface area contributed by atoms with Gasteiger partial charge in [0, 0.05) is 13.1 Å². The lowest BCUT2D eigenvalue weighted by Gasteiger charge is -2.10. The van der Waals surface area contributed by atoms with E-state index in [2.05, 4.69) is 5.32 Å². The third-order valence-electron chi connectivity index (χ3n) is 2.37. The van der Waals surface area contributed by atoms with Crippen LogP contribution in [-0.4, -0.2) is 28.8 Å². The number of aryl methyl sites for hydroxylation is 1. The van der Waals surface area contributed by atoms with Crippen molar-refractivity contribution in [3.05, 3.63) is 35.4 Å². The Morgan fingerprint density at radius 1 is 1.44 bits per heavy atom. The lowest BCUT2D eigenvalue weighted by molar-refractivity contribution is -0.139. The highest BCUT2D eigenvalue weighted by Gasteiger charge is 2.08. The molecule has 0 saturated carbocycles. The molecule has 0 spiro atoms. The van der Waals surface area contributed by atoms with E-state index in [1.807, 2.05) is 31.2 Å². The first kappa shape index (κ1) is 12.7. The number of aliphatic hydroxyl groups excluding tert-OH is 1. The predicted molar refractivity (Wildman–Crippen MR) is 61.1 cm³/mol. The number of benzene rings is 1. The van der Waals surface area contributed by atoms with E-state index in [0.29, 0.717) is 13.1 Å². The van der Waals surface area contributed by atoms with Gasteiger partial charge in [0.2, 0.25) is 0 Å². The molecule has 1 atom stereocenters. The van der Waals surface area contributed by atoms with E-state index in [1.165, 1.54) is 5.56 Å². The number of hydrogen-bond donors (Lipinski definition) is 3. The average molecular weight is 223 g/mol. The summed E-state index contributed by atoms with van der Waals surface area (Å²) >= 11 is 0. The van der Waals surface area contributed by atoms with Gasteiger partial charge in [-0.15, -0.1) is 0 Å². The molecule has 16 heavy (non-hydrogen) atoms. The summed E-state index contributed by atoms with van der Waals surface area (Å²) in [4.78, 5) is 10.3. The smallest absolute Gasteiger partial charge is 0.306 e. The molecule has 0 saturated heterocycles. The minimum atomic E-state index is -0.981. The molecule has 4 nitrogen and oxygen atoms in total. The first-order valence-electron chi connectivity index (χ1n) is 5.24. The predicted octanol–water partition coefficient (Wildman–Crippen LogP) is 0.920.